The number of benzene rings is 1. The van der Waals surface area contributed by atoms with Gasteiger partial charge in [-0.25, -0.2) is 4.39 Å². The quantitative estimate of drug-likeness (QED) is 0.901. The van der Waals surface area contributed by atoms with E-state index in [9.17, 15) is 14.0 Å². The number of rotatable bonds is 5. The smallest absolute Gasteiger partial charge is 0.227 e. The Bertz CT molecular complexity index is 747. The van der Waals surface area contributed by atoms with Crippen LogP contribution in [-0.2, 0) is 22.7 Å². The van der Waals surface area contributed by atoms with Gasteiger partial charge in [0.2, 0.25) is 11.8 Å². The molecule has 6 nitrogen and oxygen atoms in total. The molecule has 2 heterocycles. The zero-order valence-corrected chi connectivity index (χ0v) is 14.1. The summed E-state index contributed by atoms with van der Waals surface area (Å²) in [7, 11) is 1.75. The first-order valence-electron chi connectivity index (χ1n) is 8.28. The number of carbonyl (C=O) groups excluding carboxylic acids is 2. The largest absolute Gasteiger partial charge is 0.340 e. The third kappa shape index (κ3) is 4.23. The summed E-state index contributed by atoms with van der Waals surface area (Å²) in [4.78, 5) is 28.1. The van der Waals surface area contributed by atoms with E-state index in [1.807, 2.05) is 6.07 Å². The second-order valence-electron chi connectivity index (χ2n) is 6.42. The first-order valence-corrected chi connectivity index (χ1v) is 8.28. The van der Waals surface area contributed by atoms with Crippen molar-refractivity contribution < 1.29 is 14.0 Å². The zero-order chi connectivity index (χ0) is 17.8. The van der Waals surface area contributed by atoms with Crippen LogP contribution >= 0.6 is 0 Å². The number of piperidine rings is 1. The van der Waals surface area contributed by atoms with Crippen molar-refractivity contribution in [2.24, 2.45) is 5.92 Å². The van der Waals surface area contributed by atoms with Crippen molar-refractivity contribution in [2.45, 2.75) is 25.9 Å². The molecule has 0 bridgehead atoms. The topological polar surface area (TPSA) is 69.3 Å². The lowest BCUT2D eigenvalue weighted by molar-refractivity contribution is -0.143. The van der Waals surface area contributed by atoms with Gasteiger partial charge >= 0.3 is 0 Å². The Morgan fingerprint density at radius 1 is 1.44 bits per heavy atom. The van der Waals surface area contributed by atoms with Crippen molar-refractivity contribution >= 4 is 11.8 Å². The maximum absolute atomic E-state index is 13.3. The maximum atomic E-state index is 13.3. The molecule has 1 atom stereocenters. The standard InChI is InChI=1S/C18H21FN4O2/c1-22(12-16-7-8-20-21-16)18(25)14-5-6-17(24)23(11-14)10-13-3-2-4-15(19)9-13/h2-4,7-9,14H,5-6,10-12H2,1H3,(H,20,21). The van der Waals surface area contributed by atoms with Gasteiger partial charge in [0.15, 0.2) is 0 Å². The Hall–Kier alpha value is -2.70. The van der Waals surface area contributed by atoms with E-state index in [0.717, 1.165) is 11.3 Å². The highest BCUT2D eigenvalue weighted by Gasteiger charge is 2.31. The molecule has 2 aromatic rings. The van der Waals surface area contributed by atoms with Crippen molar-refractivity contribution in [2.75, 3.05) is 13.6 Å². The van der Waals surface area contributed by atoms with E-state index in [0.29, 0.717) is 32.5 Å². The number of nitrogens with zero attached hydrogens (tertiary/aromatic N) is 3. The second-order valence-corrected chi connectivity index (χ2v) is 6.42. The lowest BCUT2D eigenvalue weighted by Crippen LogP contribution is -2.45. The third-order valence-corrected chi connectivity index (χ3v) is 4.45. The van der Waals surface area contributed by atoms with E-state index < -0.39 is 0 Å². The number of aromatic amines is 1. The molecule has 3 rings (SSSR count). The van der Waals surface area contributed by atoms with Gasteiger partial charge < -0.3 is 9.80 Å². The number of likely N-dealkylation sites (tertiary alicyclic amines) is 1. The van der Waals surface area contributed by atoms with Gasteiger partial charge in [-0.1, -0.05) is 12.1 Å². The van der Waals surface area contributed by atoms with Crippen molar-refractivity contribution in [1.82, 2.24) is 20.0 Å². The predicted octanol–water partition coefficient (Wildman–Crippen LogP) is 1.95. The molecule has 0 saturated carbocycles. The molecule has 0 spiro atoms. The molecule has 2 amide bonds. The summed E-state index contributed by atoms with van der Waals surface area (Å²) in [5, 5.41) is 6.71. The van der Waals surface area contributed by atoms with E-state index in [-0.39, 0.29) is 23.5 Å². The van der Waals surface area contributed by atoms with Crippen LogP contribution in [-0.4, -0.2) is 45.4 Å². The SMILES string of the molecule is CN(Cc1ccn[nH]1)C(=O)C1CCC(=O)N(Cc2cccc(F)c2)C1. The van der Waals surface area contributed by atoms with Crippen LogP contribution in [0.1, 0.15) is 24.1 Å². The van der Waals surface area contributed by atoms with Crippen molar-refractivity contribution in [3.8, 4) is 0 Å². The number of hydrogen-bond donors (Lipinski definition) is 1. The Morgan fingerprint density at radius 3 is 3.00 bits per heavy atom. The van der Waals surface area contributed by atoms with Gasteiger partial charge in [0, 0.05) is 32.8 Å². The molecule has 1 aromatic heterocycles. The lowest BCUT2D eigenvalue weighted by Gasteiger charge is -2.33. The van der Waals surface area contributed by atoms with Crippen LogP contribution in [0.15, 0.2) is 36.5 Å². The normalized spacial score (nSPS) is 17.6. The molecule has 1 N–H and O–H groups in total. The first kappa shape index (κ1) is 17.1. The van der Waals surface area contributed by atoms with E-state index in [1.54, 1.807) is 35.2 Å². The summed E-state index contributed by atoms with van der Waals surface area (Å²) in [6.07, 6.45) is 2.53. The fraction of sp³-hybridized carbons (Fsp3) is 0.389. The molecule has 25 heavy (non-hydrogen) atoms. The van der Waals surface area contributed by atoms with Crippen LogP contribution in [0.4, 0.5) is 4.39 Å². The molecular weight excluding hydrogens is 323 g/mol. The van der Waals surface area contributed by atoms with Crippen molar-refractivity contribution in [3.05, 3.63) is 53.6 Å². The fourth-order valence-corrected chi connectivity index (χ4v) is 3.14. The van der Waals surface area contributed by atoms with Gasteiger partial charge in [0.25, 0.3) is 0 Å². The summed E-state index contributed by atoms with van der Waals surface area (Å²) < 4.78 is 13.3. The highest BCUT2D eigenvalue weighted by atomic mass is 19.1. The molecule has 1 aromatic carbocycles. The molecule has 0 radical (unpaired) electrons. The van der Waals surface area contributed by atoms with Crippen LogP contribution < -0.4 is 0 Å². The minimum absolute atomic E-state index is 0.00420. The first-order chi connectivity index (χ1) is 12.0. The predicted molar refractivity (Wildman–Crippen MR) is 89.6 cm³/mol. The van der Waals surface area contributed by atoms with Crippen LogP contribution in [0.25, 0.3) is 0 Å². The van der Waals surface area contributed by atoms with Crippen molar-refractivity contribution in [1.29, 1.82) is 0 Å². The Morgan fingerprint density at radius 2 is 2.28 bits per heavy atom. The summed E-state index contributed by atoms with van der Waals surface area (Å²) >= 11 is 0. The van der Waals surface area contributed by atoms with Gasteiger partial charge in [-0.3, -0.25) is 14.7 Å². The summed E-state index contributed by atoms with van der Waals surface area (Å²) in [6.45, 7) is 1.14. The number of hydrogen-bond acceptors (Lipinski definition) is 3. The van der Waals surface area contributed by atoms with Crippen molar-refractivity contribution in [3.63, 3.8) is 0 Å². The molecule has 0 aliphatic carbocycles. The summed E-state index contributed by atoms with van der Waals surface area (Å²) in [5.41, 5.74) is 1.59. The Labute approximate surface area is 145 Å². The van der Waals surface area contributed by atoms with Crippen LogP contribution in [0.5, 0.6) is 0 Å². The van der Waals surface area contributed by atoms with Crippen LogP contribution in [0.2, 0.25) is 0 Å². The molecule has 1 aliphatic heterocycles. The lowest BCUT2D eigenvalue weighted by atomic mass is 9.95. The molecule has 7 heteroatoms. The average molecular weight is 344 g/mol. The molecule has 132 valence electrons. The summed E-state index contributed by atoms with van der Waals surface area (Å²) in [5.74, 6) is -0.552. The minimum atomic E-state index is -0.325. The molecular formula is C18H21FN4O2. The highest BCUT2D eigenvalue weighted by Crippen LogP contribution is 2.22. The van der Waals surface area contributed by atoms with E-state index in [4.69, 9.17) is 0 Å². The maximum Gasteiger partial charge on any atom is 0.227 e. The number of H-pyrrole nitrogens is 1. The van der Waals surface area contributed by atoms with Gasteiger partial charge in [-0.05, 0) is 30.2 Å². The molecule has 1 unspecified atom stereocenters. The monoisotopic (exact) mass is 344 g/mol. The Kier molecular flexibility index (Phi) is 5.11. The van der Waals surface area contributed by atoms with Gasteiger partial charge in [-0.15, -0.1) is 0 Å². The minimum Gasteiger partial charge on any atom is -0.340 e. The number of aromatic nitrogens is 2. The highest BCUT2D eigenvalue weighted by molar-refractivity contribution is 5.83. The van der Waals surface area contributed by atoms with E-state index in [2.05, 4.69) is 10.2 Å². The Balaban J connectivity index is 1.63. The zero-order valence-electron chi connectivity index (χ0n) is 14.1. The second kappa shape index (κ2) is 7.46. The third-order valence-electron chi connectivity index (χ3n) is 4.45. The summed E-state index contributed by atoms with van der Waals surface area (Å²) in [6, 6.07) is 8.03. The van der Waals surface area contributed by atoms with Gasteiger partial charge in [0.05, 0.1) is 18.2 Å². The fourth-order valence-electron chi connectivity index (χ4n) is 3.14. The number of halogens is 1. The van der Waals surface area contributed by atoms with Gasteiger partial charge in [0.1, 0.15) is 5.82 Å². The van der Waals surface area contributed by atoms with Crippen LogP contribution in [0.3, 0.4) is 0 Å². The molecule has 1 aliphatic rings. The average Bonchev–Trinajstić information content (AvgIpc) is 3.09. The molecule has 1 fully saturated rings. The molecule has 1 saturated heterocycles. The number of carbonyl (C=O) groups is 2. The van der Waals surface area contributed by atoms with E-state index in [1.165, 1.54) is 12.1 Å². The number of nitrogens with one attached hydrogen (secondary N) is 1. The van der Waals surface area contributed by atoms with E-state index >= 15 is 0 Å². The number of amides is 2. The van der Waals surface area contributed by atoms with Gasteiger partial charge in [-0.2, -0.15) is 5.10 Å². The van der Waals surface area contributed by atoms with Crippen LogP contribution in [0, 0.1) is 11.7 Å².